The Morgan fingerprint density at radius 1 is 1.27 bits per heavy atom. The quantitative estimate of drug-likeness (QED) is 0.678. The number of ether oxygens (including phenoxy) is 1. The smallest absolute Gasteiger partial charge is 0.255 e. The van der Waals surface area contributed by atoms with Crippen molar-refractivity contribution in [3.05, 3.63) is 65.6 Å². The number of nitriles is 1. The van der Waals surface area contributed by atoms with Gasteiger partial charge in [-0.15, -0.1) is 0 Å². The van der Waals surface area contributed by atoms with Crippen molar-refractivity contribution in [3.8, 4) is 11.8 Å². The van der Waals surface area contributed by atoms with Crippen molar-refractivity contribution < 1.29 is 9.53 Å². The molecule has 0 spiro atoms. The van der Waals surface area contributed by atoms with E-state index in [4.69, 9.17) is 10.00 Å². The van der Waals surface area contributed by atoms with E-state index in [0.717, 1.165) is 37.4 Å². The van der Waals surface area contributed by atoms with Crippen LogP contribution < -0.4 is 15.0 Å². The van der Waals surface area contributed by atoms with Gasteiger partial charge >= 0.3 is 0 Å². The molecule has 0 aliphatic carbocycles. The lowest BCUT2D eigenvalue weighted by Gasteiger charge is -2.33. The molecule has 8 nitrogen and oxygen atoms in total. The number of H-pyrrole nitrogens is 1. The predicted molar refractivity (Wildman–Crippen MR) is 113 cm³/mol. The third kappa shape index (κ3) is 4.10. The Kier molecular flexibility index (Phi) is 5.61. The highest BCUT2D eigenvalue weighted by Gasteiger charge is 2.26. The Morgan fingerprint density at radius 2 is 2.10 bits per heavy atom. The SMILES string of the molecule is COc1ccc(C(=O)Nc2cn[nH]c2[C@@H]2CCCN(c3ccc(C#N)cn3)C2)cc1. The summed E-state index contributed by atoms with van der Waals surface area (Å²) in [6, 6.07) is 12.7. The number of carbonyl (C=O) groups excluding carboxylic acids is 1. The van der Waals surface area contributed by atoms with Crippen LogP contribution in [0, 0.1) is 11.3 Å². The third-order valence-electron chi connectivity index (χ3n) is 5.30. The van der Waals surface area contributed by atoms with Gasteiger partial charge in [-0.2, -0.15) is 10.4 Å². The van der Waals surface area contributed by atoms with Crippen LogP contribution in [-0.2, 0) is 0 Å². The first-order valence-corrected chi connectivity index (χ1v) is 9.77. The van der Waals surface area contributed by atoms with Crippen molar-refractivity contribution in [2.45, 2.75) is 18.8 Å². The molecule has 0 bridgehead atoms. The maximum atomic E-state index is 12.7. The van der Waals surface area contributed by atoms with E-state index < -0.39 is 0 Å². The first kappa shape index (κ1) is 19.5. The number of amides is 1. The molecular formula is C22H22N6O2. The van der Waals surface area contributed by atoms with Crippen molar-refractivity contribution in [1.29, 1.82) is 5.26 Å². The summed E-state index contributed by atoms with van der Waals surface area (Å²) < 4.78 is 5.14. The average Bonchev–Trinajstić information content (AvgIpc) is 3.27. The van der Waals surface area contributed by atoms with E-state index in [1.807, 2.05) is 6.07 Å². The number of aromatic nitrogens is 3. The molecule has 2 N–H and O–H groups in total. The number of hydrogen-bond donors (Lipinski definition) is 2. The standard InChI is InChI=1S/C22H22N6O2/c1-30-18-7-5-16(6-8-18)22(29)26-19-13-25-27-21(19)17-3-2-10-28(14-17)20-9-4-15(11-23)12-24-20/h4-9,12-13,17H,2-3,10,14H2,1H3,(H,25,27)(H,26,29)/t17-/m1/s1. The van der Waals surface area contributed by atoms with Crippen LogP contribution in [0.1, 0.15) is 40.4 Å². The second-order valence-corrected chi connectivity index (χ2v) is 7.18. The first-order valence-electron chi connectivity index (χ1n) is 9.77. The molecule has 4 rings (SSSR count). The lowest BCUT2D eigenvalue weighted by Crippen LogP contribution is -2.35. The Balaban J connectivity index is 1.47. The maximum Gasteiger partial charge on any atom is 0.255 e. The van der Waals surface area contributed by atoms with E-state index in [-0.39, 0.29) is 11.8 Å². The first-order chi connectivity index (χ1) is 14.7. The van der Waals surface area contributed by atoms with E-state index in [2.05, 4.69) is 31.5 Å². The van der Waals surface area contributed by atoms with Crippen LogP contribution in [0.2, 0.25) is 0 Å². The summed E-state index contributed by atoms with van der Waals surface area (Å²) in [5, 5.41) is 19.2. The summed E-state index contributed by atoms with van der Waals surface area (Å²) in [6.45, 7) is 1.66. The van der Waals surface area contributed by atoms with E-state index in [0.29, 0.717) is 22.6 Å². The van der Waals surface area contributed by atoms with Gasteiger partial charge < -0.3 is 15.0 Å². The number of hydrogen-bond acceptors (Lipinski definition) is 6. The molecular weight excluding hydrogens is 380 g/mol. The number of carbonyl (C=O) groups is 1. The Morgan fingerprint density at radius 3 is 2.80 bits per heavy atom. The van der Waals surface area contributed by atoms with Gasteiger partial charge in [0.15, 0.2) is 0 Å². The zero-order chi connectivity index (χ0) is 20.9. The third-order valence-corrected chi connectivity index (χ3v) is 5.30. The average molecular weight is 402 g/mol. The van der Waals surface area contributed by atoms with Crippen LogP contribution in [-0.4, -0.2) is 41.3 Å². The fourth-order valence-corrected chi connectivity index (χ4v) is 3.70. The van der Waals surface area contributed by atoms with E-state index >= 15 is 0 Å². The molecule has 0 saturated carbocycles. The Labute approximate surface area is 174 Å². The predicted octanol–water partition coefficient (Wildman–Crippen LogP) is 3.32. The van der Waals surface area contributed by atoms with Crippen LogP contribution >= 0.6 is 0 Å². The molecule has 30 heavy (non-hydrogen) atoms. The summed E-state index contributed by atoms with van der Waals surface area (Å²) >= 11 is 0. The molecule has 3 heterocycles. The van der Waals surface area contributed by atoms with Gasteiger partial charge in [-0.1, -0.05) is 0 Å². The zero-order valence-electron chi connectivity index (χ0n) is 16.6. The second kappa shape index (κ2) is 8.66. The summed E-state index contributed by atoms with van der Waals surface area (Å²) in [5.74, 6) is 1.54. The fourth-order valence-electron chi connectivity index (χ4n) is 3.70. The number of nitrogens with one attached hydrogen (secondary N) is 2. The molecule has 8 heteroatoms. The van der Waals surface area contributed by atoms with Gasteiger partial charge in [-0.3, -0.25) is 9.89 Å². The minimum atomic E-state index is -0.193. The maximum absolute atomic E-state index is 12.7. The molecule has 152 valence electrons. The largest absolute Gasteiger partial charge is 0.497 e. The summed E-state index contributed by atoms with van der Waals surface area (Å²) in [4.78, 5) is 19.3. The summed E-state index contributed by atoms with van der Waals surface area (Å²) in [6.07, 6.45) is 5.23. The van der Waals surface area contributed by atoms with Gasteiger partial charge in [0, 0.05) is 30.8 Å². The normalized spacial score (nSPS) is 16.0. The number of rotatable bonds is 5. The highest BCUT2D eigenvalue weighted by molar-refractivity contribution is 6.04. The lowest BCUT2D eigenvalue weighted by molar-refractivity contribution is 0.102. The molecule has 1 fully saturated rings. The van der Waals surface area contributed by atoms with E-state index in [1.54, 1.807) is 49.8 Å². The van der Waals surface area contributed by atoms with E-state index in [9.17, 15) is 4.79 Å². The van der Waals surface area contributed by atoms with Crippen LogP contribution in [0.4, 0.5) is 11.5 Å². The number of benzene rings is 1. The highest BCUT2D eigenvalue weighted by Crippen LogP contribution is 2.32. The highest BCUT2D eigenvalue weighted by atomic mass is 16.5. The molecule has 1 aliphatic rings. The molecule has 2 aromatic heterocycles. The van der Waals surface area contributed by atoms with Crippen LogP contribution in [0.15, 0.2) is 48.8 Å². The van der Waals surface area contributed by atoms with Crippen molar-refractivity contribution in [2.75, 3.05) is 30.4 Å². The molecule has 0 radical (unpaired) electrons. The van der Waals surface area contributed by atoms with Crippen molar-refractivity contribution in [1.82, 2.24) is 15.2 Å². The Hall–Kier alpha value is -3.86. The second-order valence-electron chi connectivity index (χ2n) is 7.18. The molecule has 1 amide bonds. The van der Waals surface area contributed by atoms with Gasteiger partial charge in [0.2, 0.25) is 0 Å². The Bertz CT molecular complexity index is 1050. The minimum absolute atomic E-state index is 0.185. The number of aromatic amines is 1. The zero-order valence-corrected chi connectivity index (χ0v) is 16.6. The molecule has 0 unspecified atom stereocenters. The molecule has 1 aliphatic heterocycles. The number of nitrogens with zero attached hydrogens (tertiary/aromatic N) is 4. The number of piperidine rings is 1. The molecule has 1 saturated heterocycles. The number of anilines is 2. The van der Waals surface area contributed by atoms with Gasteiger partial charge in [-0.25, -0.2) is 4.98 Å². The summed E-state index contributed by atoms with van der Waals surface area (Å²) in [5.41, 5.74) is 2.70. The van der Waals surface area contributed by atoms with Crippen LogP contribution in [0.25, 0.3) is 0 Å². The lowest BCUT2D eigenvalue weighted by atomic mass is 9.94. The van der Waals surface area contributed by atoms with Gasteiger partial charge in [0.1, 0.15) is 17.6 Å². The van der Waals surface area contributed by atoms with Crippen molar-refractivity contribution in [2.24, 2.45) is 0 Å². The van der Waals surface area contributed by atoms with Crippen LogP contribution in [0.3, 0.4) is 0 Å². The van der Waals surface area contributed by atoms with Gasteiger partial charge in [0.05, 0.1) is 30.3 Å². The van der Waals surface area contributed by atoms with E-state index in [1.165, 1.54) is 0 Å². The number of pyridine rings is 1. The fraction of sp³-hybridized carbons (Fsp3) is 0.273. The van der Waals surface area contributed by atoms with Gasteiger partial charge in [-0.05, 0) is 49.2 Å². The van der Waals surface area contributed by atoms with Crippen molar-refractivity contribution >= 4 is 17.4 Å². The monoisotopic (exact) mass is 402 g/mol. The van der Waals surface area contributed by atoms with Crippen LogP contribution in [0.5, 0.6) is 5.75 Å². The summed E-state index contributed by atoms with van der Waals surface area (Å²) in [7, 11) is 1.59. The van der Waals surface area contributed by atoms with Crippen molar-refractivity contribution in [3.63, 3.8) is 0 Å². The molecule has 3 aromatic rings. The van der Waals surface area contributed by atoms with Gasteiger partial charge in [0.25, 0.3) is 5.91 Å². The topological polar surface area (TPSA) is 107 Å². The minimum Gasteiger partial charge on any atom is -0.497 e. The number of methoxy groups -OCH3 is 1. The molecule has 1 atom stereocenters. The molecule has 1 aromatic carbocycles.